The highest BCUT2D eigenvalue weighted by molar-refractivity contribution is 9.11. The zero-order valence-electron chi connectivity index (χ0n) is 18.5. The third-order valence-corrected chi connectivity index (χ3v) is 7.67. The first kappa shape index (κ1) is 25.1. The maximum atomic E-state index is 6.73. The number of ether oxygens (including phenoxy) is 1. The van der Waals surface area contributed by atoms with E-state index in [1.807, 2.05) is 0 Å². The molecule has 2 aromatic carbocycles. The molecule has 1 saturated carbocycles. The van der Waals surface area contributed by atoms with E-state index in [9.17, 15) is 0 Å². The molecule has 0 N–H and O–H groups in total. The fraction of sp³-hybridized carbons (Fsp3) is 0.556. The molecule has 0 aliphatic heterocycles. The second-order valence-corrected chi connectivity index (χ2v) is 13.1. The van der Waals surface area contributed by atoms with E-state index in [4.69, 9.17) is 27.9 Å². The SMILES string of the molecule is CC(CCC(Cl)(Cl)Br)(COC(CCc1ccccc1)c1ccccc1)C1CCCCC1. The standard InChI is InChI=1S/C27H35BrCl2O/c1-26(19-20-27(28,29)30,24-15-9-4-10-16-24)21-31-25(23-13-7-3-8-14-23)18-17-22-11-5-2-6-12-22/h2-3,5-8,11-14,24-25H,4,9-10,15-21H2,1H3. The van der Waals surface area contributed by atoms with Crippen LogP contribution in [0.1, 0.15) is 75.5 Å². The highest BCUT2D eigenvalue weighted by Crippen LogP contribution is 2.46. The third-order valence-electron chi connectivity index (χ3n) is 6.89. The normalized spacial score (nSPS) is 18.5. The molecule has 31 heavy (non-hydrogen) atoms. The maximum Gasteiger partial charge on any atom is 0.172 e. The smallest absolute Gasteiger partial charge is 0.172 e. The van der Waals surface area contributed by atoms with Gasteiger partial charge in [-0.1, -0.05) is 110 Å². The Labute approximate surface area is 207 Å². The highest BCUT2D eigenvalue weighted by Gasteiger charge is 2.37. The summed E-state index contributed by atoms with van der Waals surface area (Å²) in [7, 11) is 0. The number of hydrogen-bond donors (Lipinski definition) is 0. The van der Waals surface area contributed by atoms with Crippen molar-refractivity contribution in [3.63, 3.8) is 0 Å². The molecule has 2 atom stereocenters. The summed E-state index contributed by atoms with van der Waals surface area (Å²) >= 11 is 16.0. The first-order chi connectivity index (χ1) is 14.9. The second kappa shape index (κ2) is 12.1. The average molecular weight is 526 g/mol. The van der Waals surface area contributed by atoms with E-state index in [2.05, 4.69) is 83.5 Å². The van der Waals surface area contributed by atoms with Gasteiger partial charge in [0.25, 0.3) is 0 Å². The van der Waals surface area contributed by atoms with Gasteiger partial charge in [0.2, 0.25) is 0 Å². The van der Waals surface area contributed by atoms with Crippen LogP contribution in [-0.4, -0.2) is 9.85 Å². The molecule has 0 spiro atoms. The lowest BCUT2D eigenvalue weighted by molar-refractivity contribution is -0.0438. The van der Waals surface area contributed by atoms with Gasteiger partial charge < -0.3 is 4.74 Å². The van der Waals surface area contributed by atoms with E-state index >= 15 is 0 Å². The van der Waals surface area contributed by atoms with Crippen molar-refractivity contribution in [3.05, 3.63) is 71.8 Å². The molecular formula is C27H35BrCl2O. The van der Waals surface area contributed by atoms with Crippen LogP contribution in [-0.2, 0) is 11.2 Å². The van der Waals surface area contributed by atoms with Crippen molar-refractivity contribution in [3.8, 4) is 0 Å². The minimum atomic E-state index is -0.866. The molecule has 1 nitrogen and oxygen atoms in total. The molecule has 1 aliphatic carbocycles. The predicted molar refractivity (Wildman–Crippen MR) is 137 cm³/mol. The van der Waals surface area contributed by atoms with Crippen molar-refractivity contribution in [2.75, 3.05) is 6.61 Å². The van der Waals surface area contributed by atoms with E-state index in [1.54, 1.807) is 0 Å². The number of alkyl halides is 3. The van der Waals surface area contributed by atoms with Gasteiger partial charge in [0.1, 0.15) is 0 Å². The average Bonchev–Trinajstić information content (AvgIpc) is 2.79. The summed E-state index contributed by atoms with van der Waals surface area (Å²) in [6.45, 7) is 3.12. The first-order valence-electron chi connectivity index (χ1n) is 11.6. The van der Waals surface area contributed by atoms with Gasteiger partial charge in [-0.05, 0) is 76.9 Å². The van der Waals surface area contributed by atoms with Crippen LogP contribution in [0.4, 0.5) is 0 Å². The van der Waals surface area contributed by atoms with Gasteiger partial charge in [-0.2, -0.15) is 0 Å². The van der Waals surface area contributed by atoms with Crippen LogP contribution >= 0.6 is 39.1 Å². The Hall–Kier alpha value is -0.540. The molecule has 2 aromatic rings. The van der Waals surface area contributed by atoms with Gasteiger partial charge in [-0.3, -0.25) is 0 Å². The summed E-state index contributed by atoms with van der Waals surface area (Å²) < 4.78 is 5.87. The Morgan fingerprint density at radius 2 is 1.55 bits per heavy atom. The molecule has 0 saturated heterocycles. The molecule has 3 rings (SSSR count). The summed E-state index contributed by atoms with van der Waals surface area (Å²) in [6.07, 6.45) is 10.3. The maximum absolute atomic E-state index is 6.73. The first-order valence-corrected chi connectivity index (χ1v) is 13.2. The highest BCUT2D eigenvalue weighted by atomic mass is 79.9. The Kier molecular flexibility index (Phi) is 9.77. The summed E-state index contributed by atoms with van der Waals surface area (Å²) in [5, 5.41) is 0. The van der Waals surface area contributed by atoms with Gasteiger partial charge in [0, 0.05) is 0 Å². The molecule has 0 bridgehead atoms. The molecule has 0 aromatic heterocycles. The second-order valence-electron chi connectivity index (χ2n) is 9.34. The number of rotatable bonds is 11. The Bertz CT molecular complexity index is 756. The molecule has 170 valence electrons. The molecule has 1 fully saturated rings. The summed E-state index contributed by atoms with van der Waals surface area (Å²) in [4.78, 5) is 0. The van der Waals surface area contributed by atoms with Crippen molar-refractivity contribution in [2.45, 2.75) is 74.1 Å². The monoisotopic (exact) mass is 524 g/mol. The molecule has 0 radical (unpaired) electrons. The van der Waals surface area contributed by atoms with E-state index in [0.717, 1.165) is 25.9 Å². The molecule has 1 aliphatic rings. The number of aryl methyl sites for hydroxylation is 1. The summed E-state index contributed by atoms with van der Waals surface area (Å²) in [5.41, 5.74) is 2.69. The third kappa shape index (κ3) is 8.39. The number of halogens is 3. The van der Waals surface area contributed by atoms with Gasteiger partial charge in [0.05, 0.1) is 12.7 Å². The lowest BCUT2D eigenvalue weighted by Gasteiger charge is -2.41. The van der Waals surface area contributed by atoms with Crippen molar-refractivity contribution in [1.29, 1.82) is 0 Å². The largest absolute Gasteiger partial charge is 0.373 e. The van der Waals surface area contributed by atoms with Crippen LogP contribution < -0.4 is 0 Å². The van der Waals surface area contributed by atoms with Gasteiger partial charge in [-0.25, -0.2) is 0 Å². The van der Waals surface area contributed by atoms with E-state index in [-0.39, 0.29) is 11.5 Å². The van der Waals surface area contributed by atoms with Gasteiger partial charge in [0.15, 0.2) is 3.24 Å². The molecule has 0 amide bonds. The molecule has 0 heterocycles. The minimum absolute atomic E-state index is 0.0724. The molecule has 4 heteroatoms. The number of benzene rings is 2. The van der Waals surface area contributed by atoms with Crippen molar-refractivity contribution < 1.29 is 4.74 Å². The molecule has 2 unspecified atom stereocenters. The Morgan fingerprint density at radius 1 is 0.935 bits per heavy atom. The quantitative estimate of drug-likeness (QED) is 0.265. The zero-order chi connectivity index (χ0) is 22.2. The van der Waals surface area contributed by atoms with E-state index in [0.29, 0.717) is 12.3 Å². The van der Waals surface area contributed by atoms with Crippen LogP contribution in [0.3, 0.4) is 0 Å². The lowest BCUT2D eigenvalue weighted by Crippen LogP contribution is -2.35. The lowest BCUT2D eigenvalue weighted by atomic mass is 9.68. The van der Waals surface area contributed by atoms with E-state index in [1.165, 1.54) is 43.2 Å². The van der Waals surface area contributed by atoms with Crippen LogP contribution in [0, 0.1) is 11.3 Å². The fourth-order valence-corrected chi connectivity index (χ4v) is 5.26. The van der Waals surface area contributed by atoms with Crippen LogP contribution in [0.25, 0.3) is 0 Å². The minimum Gasteiger partial charge on any atom is -0.373 e. The van der Waals surface area contributed by atoms with Gasteiger partial charge >= 0.3 is 0 Å². The van der Waals surface area contributed by atoms with Crippen LogP contribution in [0.5, 0.6) is 0 Å². The van der Waals surface area contributed by atoms with Crippen LogP contribution in [0.15, 0.2) is 60.7 Å². The predicted octanol–water partition coefficient (Wildman–Crippen LogP) is 9.27. The summed E-state index contributed by atoms with van der Waals surface area (Å²) in [6, 6.07) is 21.3. The fourth-order valence-electron chi connectivity index (χ4n) is 4.87. The number of hydrogen-bond acceptors (Lipinski definition) is 1. The Morgan fingerprint density at radius 3 is 2.16 bits per heavy atom. The van der Waals surface area contributed by atoms with E-state index < -0.39 is 3.24 Å². The Balaban J connectivity index is 1.71. The van der Waals surface area contributed by atoms with Crippen molar-refractivity contribution >= 4 is 39.1 Å². The van der Waals surface area contributed by atoms with Crippen LogP contribution in [0.2, 0.25) is 0 Å². The van der Waals surface area contributed by atoms with Gasteiger partial charge in [-0.15, -0.1) is 0 Å². The zero-order valence-corrected chi connectivity index (χ0v) is 21.6. The van der Waals surface area contributed by atoms with Crippen molar-refractivity contribution in [1.82, 2.24) is 0 Å². The molecular weight excluding hydrogens is 491 g/mol. The topological polar surface area (TPSA) is 9.23 Å². The summed E-state index contributed by atoms with van der Waals surface area (Å²) in [5.74, 6) is 0.662. The van der Waals surface area contributed by atoms with Crippen molar-refractivity contribution in [2.24, 2.45) is 11.3 Å².